The van der Waals surface area contributed by atoms with Gasteiger partial charge in [-0.1, -0.05) is 35.5 Å². The Labute approximate surface area is 256 Å². The molecule has 230 valence electrons. The van der Waals surface area contributed by atoms with Gasteiger partial charge in [-0.05, 0) is 50.2 Å². The third kappa shape index (κ3) is 5.14. The second-order valence-corrected chi connectivity index (χ2v) is 13.8. The molecule has 2 fully saturated rings. The van der Waals surface area contributed by atoms with Crippen LogP contribution in [0.4, 0.5) is 0 Å². The van der Waals surface area contributed by atoms with Crippen molar-refractivity contribution in [1.82, 2.24) is 29.5 Å². The Balaban J connectivity index is 1.57. The zero-order valence-electron chi connectivity index (χ0n) is 25.1. The van der Waals surface area contributed by atoms with Gasteiger partial charge in [0.05, 0.1) is 46.2 Å². The van der Waals surface area contributed by atoms with Crippen LogP contribution in [-0.4, -0.2) is 76.7 Å². The Kier molecular flexibility index (Phi) is 7.59. The molecule has 2 aliphatic rings. The average Bonchev–Trinajstić information content (AvgIpc) is 3.75. The molecule has 0 radical (unpaired) electrons. The molecule has 1 unspecified atom stereocenters. The standard InChI is InChI=1S/C32H36N6O5S/c1-20-29(37(2)36-35-20)23-16-25-28(33-17-23)27-31(26(44(3,39)40)18-34-32(27)43-19-24-10-7-13-42-24)38(25)30(21-8-5-4-6-9-21)22-11-14-41-15-12-22/h4-6,8-9,16-18,22,24,30H,7,10-15,19H2,1-3H3/t24?,30-/m1/s1. The topological polar surface area (TPSA) is 123 Å². The first-order chi connectivity index (χ1) is 21.3. The predicted molar refractivity (Wildman–Crippen MR) is 165 cm³/mol. The molecular formula is C32H36N6O5S. The number of nitrogens with zero attached hydrogens (tertiary/aromatic N) is 6. The molecule has 0 spiro atoms. The van der Waals surface area contributed by atoms with Crippen molar-refractivity contribution in [3.05, 3.63) is 60.0 Å². The van der Waals surface area contributed by atoms with Crippen LogP contribution in [0.15, 0.2) is 53.7 Å². The molecule has 2 atom stereocenters. The first-order valence-corrected chi connectivity index (χ1v) is 17.0. The molecule has 0 saturated carbocycles. The Bertz CT molecular complexity index is 1910. The Hall–Kier alpha value is -3.87. The van der Waals surface area contributed by atoms with Crippen LogP contribution in [0.1, 0.15) is 43.0 Å². The molecule has 0 amide bonds. The fourth-order valence-corrected chi connectivity index (χ4v) is 7.58. The fraction of sp³-hybridized carbons (Fsp3) is 0.438. The van der Waals surface area contributed by atoms with E-state index in [0.717, 1.165) is 53.7 Å². The van der Waals surface area contributed by atoms with Crippen molar-refractivity contribution in [2.45, 2.75) is 49.6 Å². The lowest BCUT2D eigenvalue weighted by atomic mass is 9.86. The van der Waals surface area contributed by atoms with E-state index in [4.69, 9.17) is 19.2 Å². The SMILES string of the molecule is Cc1nnn(C)c1-c1cnc2c3c(OCC4CCCO4)ncc(S(C)(=O)=O)c3n([C@H](c3ccccc3)C3CCOCC3)c2c1. The van der Waals surface area contributed by atoms with Crippen molar-refractivity contribution in [3.63, 3.8) is 0 Å². The Morgan fingerprint density at radius 2 is 1.86 bits per heavy atom. The lowest BCUT2D eigenvalue weighted by Gasteiger charge is -2.33. The number of pyridine rings is 2. The normalized spacial score (nSPS) is 18.8. The molecule has 11 nitrogen and oxygen atoms in total. The van der Waals surface area contributed by atoms with Gasteiger partial charge in [-0.25, -0.2) is 18.1 Å². The van der Waals surface area contributed by atoms with E-state index in [1.54, 1.807) is 10.9 Å². The van der Waals surface area contributed by atoms with E-state index in [2.05, 4.69) is 38.1 Å². The van der Waals surface area contributed by atoms with Crippen molar-refractivity contribution in [2.24, 2.45) is 13.0 Å². The summed E-state index contributed by atoms with van der Waals surface area (Å²) < 4.78 is 48.7. The first kappa shape index (κ1) is 28.9. The van der Waals surface area contributed by atoms with Gasteiger partial charge in [-0.2, -0.15) is 0 Å². The summed E-state index contributed by atoms with van der Waals surface area (Å²) in [4.78, 5) is 9.72. The highest BCUT2D eigenvalue weighted by molar-refractivity contribution is 7.91. The average molecular weight is 617 g/mol. The molecule has 2 aliphatic heterocycles. The molecule has 0 N–H and O–H groups in total. The minimum Gasteiger partial charge on any atom is -0.474 e. The van der Waals surface area contributed by atoms with Gasteiger partial charge in [0.25, 0.3) is 0 Å². The lowest BCUT2D eigenvalue weighted by Crippen LogP contribution is -2.27. The summed E-state index contributed by atoms with van der Waals surface area (Å²) in [6.07, 6.45) is 7.98. The van der Waals surface area contributed by atoms with Gasteiger partial charge < -0.3 is 18.8 Å². The highest BCUT2D eigenvalue weighted by Gasteiger charge is 2.34. The second-order valence-electron chi connectivity index (χ2n) is 11.8. The molecule has 2 saturated heterocycles. The summed E-state index contributed by atoms with van der Waals surface area (Å²) in [6, 6.07) is 12.1. The quantitative estimate of drug-likeness (QED) is 0.245. The van der Waals surface area contributed by atoms with E-state index in [-0.39, 0.29) is 23.0 Å². The van der Waals surface area contributed by atoms with Crippen LogP contribution >= 0.6 is 0 Å². The van der Waals surface area contributed by atoms with Gasteiger partial charge in [0.2, 0.25) is 5.88 Å². The first-order valence-electron chi connectivity index (χ1n) is 15.1. The zero-order chi connectivity index (χ0) is 30.4. The van der Waals surface area contributed by atoms with E-state index in [9.17, 15) is 8.42 Å². The van der Waals surface area contributed by atoms with Crippen LogP contribution in [0, 0.1) is 12.8 Å². The van der Waals surface area contributed by atoms with Gasteiger partial charge in [0, 0.05) is 44.9 Å². The van der Waals surface area contributed by atoms with E-state index >= 15 is 0 Å². The fourth-order valence-electron chi connectivity index (χ4n) is 6.79. The maximum Gasteiger partial charge on any atom is 0.225 e. The molecule has 6 heterocycles. The predicted octanol–water partition coefficient (Wildman–Crippen LogP) is 4.67. The summed E-state index contributed by atoms with van der Waals surface area (Å²) in [5.74, 6) is 0.537. The van der Waals surface area contributed by atoms with Crippen molar-refractivity contribution in [2.75, 3.05) is 32.7 Å². The van der Waals surface area contributed by atoms with E-state index < -0.39 is 9.84 Å². The lowest BCUT2D eigenvalue weighted by molar-refractivity contribution is 0.0552. The molecule has 1 aromatic carbocycles. The smallest absolute Gasteiger partial charge is 0.225 e. The number of hydrogen-bond donors (Lipinski definition) is 0. The highest BCUT2D eigenvalue weighted by atomic mass is 32.2. The van der Waals surface area contributed by atoms with Crippen LogP contribution in [0.25, 0.3) is 33.2 Å². The number of ether oxygens (including phenoxy) is 3. The van der Waals surface area contributed by atoms with Crippen molar-refractivity contribution in [1.29, 1.82) is 0 Å². The molecule has 4 aromatic heterocycles. The second kappa shape index (κ2) is 11.6. The summed E-state index contributed by atoms with van der Waals surface area (Å²) in [5.41, 5.74) is 5.50. The van der Waals surface area contributed by atoms with Gasteiger partial charge in [0.15, 0.2) is 9.84 Å². The summed E-state index contributed by atoms with van der Waals surface area (Å²) >= 11 is 0. The molecule has 0 aliphatic carbocycles. The van der Waals surface area contributed by atoms with Gasteiger partial charge in [0.1, 0.15) is 17.0 Å². The number of sulfone groups is 1. The number of rotatable bonds is 8. The highest BCUT2D eigenvalue weighted by Crippen LogP contribution is 2.45. The molecule has 12 heteroatoms. The van der Waals surface area contributed by atoms with Crippen LogP contribution in [-0.2, 0) is 26.4 Å². The van der Waals surface area contributed by atoms with Crippen LogP contribution in [0.5, 0.6) is 5.88 Å². The zero-order valence-corrected chi connectivity index (χ0v) is 26.0. The van der Waals surface area contributed by atoms with Gasteiger partial charge >= 0.3 is 0 Å². The monoisotopic (exact) mass is 616 g/mol. The minimum absolute atomic E-state index is 0.0334. The van der Waals surface area contributed by atoms with E-state index in [1.807, 2.05) is 32.2 Å². The van der Waals surface area contributed by atoms with Crippen LogP contribution in [0.2, 0.25) is 0 Å². The maximum atomic E-state index is 13.5. The summed E-state index contributed by atoms with van der Waals surface area (Å²) in [7, 11) is -1.85. The molecular weight excluding hydrogens is 580 g/mol. The largest absolute Gasteiger partial charge is 0.474 e. The Morgan fingerprint density at radius 3 is 2.55 bits per heavy atom. The Morgan fingerprint density at radius 1 is 1.07 bits per heavy atom. The number of hydrogen-bond acceptors (Lipinski definition) is 9. The summed E-state index contributed by atoms with van der Waals surface area (Å²) in [6.45, 7) is 4.24. The molecule has 0 bridgehead atoms. The molecule has 7 rings (SSSR count). The minimum atomic E-state index is -3.70. The molecule has 44 heavy (non-hydrogen) atoms. The summed E-state index contributed by atoms with van der Waals surface area (Å²) in [5, 5.41) is 9.06. The molecule has 5 aromatic rings. The third-order valence-electron chi connectivity index (χ3n) is 8.82. The third-order valence-corrected chi connectivity index (χ3v) is 9.92. The van der Waals surface area contributed by atoms with E-state index in [1.165, 1.54) is 12.5 Å². The van der Waals surface area contributed by atoms with Crippen molar-refractivity contribution >= 4 is 31.8 Å². The van der Waals surface area contributed by atoms with Gasteiger partial charge in [-0.15, -0.1) is 5.10 Å². The van der Waals surface area contributed by atoms with Crippen LogP contribution in [0.3, 0.4) is 0 Å². The number of fused-ring (bicyclic) bond motifs is 3. The number of aryl methyl sites for hydroxylation is 2. The number of benzene rings is 1. The van der Waals surface area contributed by atoms with Crippen molar-refractivity contribution < 1.29 is 22.6 Å². The van der Waals surface area contributed by atoms with Crippen LogP contribution < -0.4 is 4.74 Å². The van der Waals surface area contributed by atoms with E-state index in [0.29, 0.717) is 48.7 Å². The number of aromatic nitrogens is 6. The maximum absolute atomic E-state index is 13.5. The van der Waals surface area contributed by atoms with Gasteiger partial charge in [-0.3, -0.25) is 4.98 Å². The van der Waals surface area contributed by atoms with Crippen molar-refractivity contribution in [3.8, 4) is 17.1 Å².